The van der Waals surface area contributed by atoms with Gasteiger partial charge in [-0.2, -0.15) is 26.3 Å². The number of aliphatic carboxylic acids is 1. The van der Waals surface area contributed by atoms with Crippen LogP contribution in [0.4, 0.5) is 36.4 Å². The van der Waals surface area contributed by atoms with Crippen molar-refractivity contribution in [1.82, 2.24) is 10.3 Å². The van der Waals surface area contributed by atoms with E-state index in [1.807, 2.05) is 0 Å². The molecule has 4 N–H and O–H groups in total. The number of halogens is 7. The van der Waals surface area contributed by atoms with Crippen LogP contribution in [0.15, 0.2) is 47.5 Å². The lowest BCUT2D eigenvalue weighted by Gasteiger charge is -2.36. The number of anilines is 1. The maximum Gasteiger partial charge on any atom is 0.389 e. The van der Waals surface area contributed by atoms with Crippen LogP contribution in [0.2, 0.25) is 0 Å². The number of fused-ring (bicyclic) bond motifs is 1. The number of nitrogens with one attached hydrogen (secondary N) is 1. The highest BCUT2D eigenvalue weighted by atomic mass is 19.4. The smallest absolute Gasteiger partial charge is 0.389 e. The molecule has 2 aromatic carbocycles. The first-order valence-electron chi connectivity index (χ1n) is 14.2. The zero-order valence-corrected chi connectivity index (χ0v) is 25.3. The molecule has 0 aliphatic carbocycles. The van der Waals surface area contributed by atoms with Crippen LogP contribution in [0, 0.1) is 24.6 Å². The highest BCUT2D eigenvalue weighted by Crippen LogP contribution is 2.35. The number of hydrazine groups is 1. The minimum atomic E-state index is -4.88. The number of carboxylic acids is 1. The fraction of sp³-hybridized carbons (Fsp3) is 0.433. The number of hydrogen-bond acceptors (Lipinski definition) is 6. The fourth-order valence-corrected chi connectivity index (χ4v) is 5.15. The topological polar surface area (TPSA) is 145 Å². The zero-order chi connectivity index (χ0) is 35.4. The number of carboxylic acid groups (broad SMARTS) is 1. The number of aryl methyl sites for hydroxylation is 1. The Hall–Kier alpha value is -4.54. The van der Waals surface area contributed by atoms with Crippen LogP contribution in [-0.2, 0) is 19.2 Å². The lowest BCUT2D eigenvalue weighted by Crippen LogP contribution is -2.57. The first-order chi connectivity index (χ1) is 21.7. The van der Waals surface area contributed by atoms with Crippen LogP contribution in [0.5, 0.6) is 0 Å². The molecule has 2 aromatic rings. The average Bonchev–Trinajstić information content (AvgIpc) is 3.07. The van der Waals surface area contributed by atoms with E-state index in [4.69, 9.17) is 5.73 Å². The molecule has 4 atom stereocenters. The number of nitrogens with two attached hydrogens (primary N) is 1. The number of primary amides is 1. The molecule has 17 heteroatoms. The number of nitrogens with zero attached hydrogens (tertiary/aromatic N) is 3. The van der Waals surface area contributed by atoms with Gasteiger partial charge >= 0.3 is 18.3 Å². The number of hydrogen-bond donors (Lipinski definition) is 3. The van der Waals surface area contributed by atoms with Gasteiger partial charge in [-0.15, -0.1) is 0 Å². The van der Waals surface area contributed by atoms with Crippen LogP contribution < -0.4 is 16.1 Å². The number of aliphatic imine (C=N–C) groups is 1. The summed E-state index contributed by atoms with van der Waals surface area (Å²) in [4.78, 5) is 56.3. The standard InChI is InChI=1S/C30H32F7N5O5/c1-15-6-4-9-21-22(17-7-5-8-18(31)14-17)39-25(27(45)42(23(15)21)41(3)16(2)28(46)47)40-26(44)20(11-13-30(35,36)37)19(24(38)43)10-12-29(32,33)34/h4-9,14,16,19-20,25H,10-13H2,1-3H3,(H2,38,43)(H,40,44)(H,46,47)/t16-,19-,20+,25+/m0/s1. The number of rotatable bonds is 12. The lowest BCUT2D eigenvalue weighted by molar-refractivity contribution is -0.152. The van der Waals surface area contributed by atoms with Gasteiger partial charge < -0.3 is 16.2 Å². The number of likely N-dealkylation sites (N-methyl/N-ethyl adjacent to an activating group) is 1. The Morgan fingerprint density at radius 1 is 1.02 bits per heavy atom. The van der Waals surface area contributed by atoms with Gasteiger partial charge in [-0.05, 0) is 44.4 Å². The van der Waals surface area contributed by atoms with Crippen molar-refractivity contribution in [2.45, 2.75) is 64.1 Å². The Morgan fingerprint density at radius 3 is 2.13 bits per heavy atom. The van der Waals surface area contributed by atoms with E-state index in [-0.39, 0.29) is 22.5 Å². The summed E-state index contributed by atoms with van der Waals surface area (Å²) >= 11 is 0. The Labute approximate surface area is 264 Å². The van der Waals surface area contributed by atoms with Crippen molar-refractivity contribution >= 4 is 35.1 Å². The van der Waals surface area contributed by atoms with Gasteiger partial charge in [0.05, 0.1) is 11.4 Å². The van der Waals surface area contributed by atoms with E-state index in [0.717, 1.165) is 22.2 Å². The maximum absolute atomic E-state index is 14.4. The molecular formula is C30H32F7N5O5. The average molecular weight is 676 g/mol. The molecule has 0 saturated carbocycles. The van der Waals surface area contributed by atoms with E-state index in [9.17, 15) is 55.0 Å². The molecule has 0 bridgehead atoms. The number of amides is 3. The molecule has 10 nitrogen and oxygen atoms in total. The first kappa shape index (κ1) is 36.9. The monoisotopic (exact) mass is 675 g/mol. The Morgan fingerprint density at radius 2 is 1.60 bits per heavy atom. The highest BCUT2D eigenvalue weighted by Gasteiger charge is 2.43. The summed E-state index contributed by atoms with van der Waals surface area (Å²) in [6, 6.07) is 8.17. The van der Waals surface area contributed by atoms with E-state index in [1.165, 1.54) is 32.2 Å². The van der Waals surface area contributed by atoms with E-state index in [2.05, 4.69) is 10.3 Å². The Balaban J connectivity index is 2.21. The molecule has 1 heterocycles. The van der Waals surface area contributed by atoms with Crippen LogP contribution in [-0.4, -0.2) is 71.1 Å². The quantitative estimate of drug-likeness (QED) is 0.283. The van der Waals surface area contributed by atoms with Gasteiger partial charge in [0.15, 0.2) is 0 Å². The Kier molecular flexibility index (Phi) is 11.4. The highest BCUT2D eigenvalue weighted by molar-refractivity contribution is 6.20. The number of benzene rings is 2. The molecule has 3 amide bonds. The van der Waals surface area contributed by atoms with Crippen molar-refractivity contribution in [2.75, 3.05) is 12.1 Å². The SMILES string of the molecule is Cc1cccc2c1N(N(C)[C@@H](C)C(=O)O)C(=O)[C@@H](NC(=O)[C@H](CCC(F)(F)F)[C@H](CCC(F)(F)F)C(N)=O)N=C2c1cccc(F)c1. The van der Waals surface area contributed by atoms with E-state index in [0.29, 0.717) is 5.56 Å². The van der Waals surface area contributed by atoms with Crippen molar-refractivity contribution in [3.63, 3.8) is 0 Å². The molecule has 1 aliphatic heterocycles. The molecule has 1 aliphatic rings. The van der Waals surface area contributed by atoms with Gasteiger partial charge in [0.2, 0.25) is 18.0 Å². The molecular weight excluding hydrogens is 643 g/mol. The molecule has 3 rings (SSSR count). The maximum atomic E-state index is 14.4. The largest absolute Gasteiger partial charge is 0.480 e. The normalized spacial score (nSPS) is 17.3. The summed E-state index contributed by atoms with van der Waals surface area (Å²) in [7, 11) is 1.24. The van der Waals surface area contributed by atoms with Gasteiger partial charge in [-0.1, -0.05) is 30.3 Å². The third-order valence-corrected chi connectivity index (χ3v) is 7.68. The van der Waals surface area contributed by atoms with Gasteiger partial charge in [0.1, 0.15) is 11.9 Å². The van der Waals surface area contributed by atoms with Gasteiger partial charge in [-0.3, -0.25) is 19.2 Å². The minimum Gasteiger partial charge on any atom is -0.480 e. The molecule has 0 unspecified atom stereocenters. The van der Waals surface area contributed by atoms with E-state index < -0.39 is 91.6 Å². The summed E-state index contributed by atoms with van der Waals surface area (Å²) in [6.45, 7) is 2.82. The van der Waals surface area contributed by atoms with E-state index in [1.54, 1.807) is 19.1 Å². The second-order valence-corrected chi connectivity index (χ2v) is 11.0. The molecule has 0 aromatic heterocycles. The third kappa shape index (κ3) is 9.27. The number of para-hydroxylation sites is 1. The molecule has 256 valence electrons. The first-order valence-corrected chi connectivity index (χ1v) is 14.2. The van der Waals surface area contributed by atoms with Crippen LogP contribution >= 0.6 is 0 Å². The van der Waals surface area contributed by atoms with Crippen molar-refractivity contribution in [2.24, 2.45) is 22.6 Å². The molecule has 0 saturated heterocycles. The van der Waals surface area contributed by atoms with Crippen molar-refractivity contribution in [3.8, 4) is 0 Å². The molecule has 0 radical (unpaired) electrons. The number of carbonyl (C=O) groups is 4. The van der Waals surface area contributed by atoms with Crippen molar-refractivity contribution < 1.29 is 55.0 Å². The van der Waals surface area contributed by atoms with E-state index >= 15 is 0 Å². The molecule has 47 heavy (non-hydrogen) atoms. The lowest BCUT2D eigenvalue weighted by atomic mass is 9.83. The molecule has 0 spiro atoms. The number of benzodiazepines with no additional fused rings is 1. The minimum absolute atomic E-state index is 0.0849. The van der Waals surface area contributed by atoms with Gasteiger partial charge in [0.25, 0.3) is 5.91 Å². The predicted octanol–water partition coefficient (Wildman–Crippen LogP) is 4.48. The summed E-state index contributed by atoms with van der Waals surface area (Å²) in [6.07, 6.45) is -17.3. The molecule has 0 fully saturated rings. The van der Waals surface area contributed by atoms with Crippen molar-refractivity contribution in [1.29, 1.82) is 0 Å². The summed E-state index contributed by atoms with van der Waals surface area (Å²) < 4.78 is 93.3. The number of alkyl halides is 6. The Bertz CT molecular complexity index is 1550. The van der Waals surface area contributed by atoms with Crippen LogP contribution in [0.1, 0.15) is 49.3 Å². The summed E-state index contributed by atoms with van der Waals surface area (Å²) in [5.41, 5.74) is 5.94. The number of carbonyl (C=O) groups excluding carboxylic acids is 3. The van der Waals surface area contributed by atoms with Gasteiger partial charge in [0, 0.05) is 42.9 Å². The van der Waals surface area contributed by atoms with Crippen LogP contribution in [0.3, 0.4) is 0 Å². The third-order valence-electron chi connectivity index (χ3n) is 7.68. The van der Waals surface area contributed by atoms with Crippen molar-refractivity contribution in [3.05, 3.63) is 65.0 Å². The van der Waals surface area contributed by atoms with Crippen LogP contribution in [0.25, 0.3) is 0 Å². The zero-order valence-electron chi connectivity index (χ0n) is 25.3. The summed E-state index contributed by atoms with van der Waals surface area (Å²) in [5, 5.41) is 13.8. The second kappa shape index (κ2) is 14.5. The summed E-state index contributed by atoms with van der Waals surface area (Å²) in [5.74, 6) is -10.2. The predicted molar refractivity (Wildman–Crippen MR) is 154 cm³/mol. The fourth-order valence-electron chi connectivity index (χ4n) is 5.15. The van der Waals surface area contributed by atoms with Gasteiger partial charge in [-0.25, -0.2) is 19.4 Å². The second-order valence-electron chi connectivity index (χ2n) is 11.0.